The van der Waals surface area contributed by atoms with E-state index in [1.54, 1.807) is 4.90 Å². The maximum Gasteiger partial charge on any atom is 0.276 e. The Balaban J connectivity index is 1.54. The zero-order valence-electron chi connectivity index (χ0n) is 15.7. The van der Waals surface area contributed by atoms with Crippen LogP contribution in [0, 0.1) is 17.8 Å². The Morgan fingerprint density at radius 2 is 1.97 bits per heavy atom. The molecular weight excluding hydrogens is 437 g/mol. The fourth-order valence-electron chi connectivity index (χ4n) is 4.44. The van der Waals surface area contributed by atoms with Gasteiger partial charge in [-0.25, -0.2) is 13.1 Å². The van der Waals surface area contributed by atoms with Crippen LogP contribution in [0.1, 0.15) is 30.3 Å². The largest absolute Gasteiger partial charge is 0.337 e. The van der Waals surface area contributed by atoms with Crippen LogP contribution in [0.3, 0.4) is 0 Å². The molecule has 29 heavy (non-hydrogen) atoms. The Labute approximate surface area is 179 Å². The number of hydrogen-bond acceptors (Lipinski definition) is 5. The molecule has 0 spiro atoms. The van der Waals surface area contributed by atoms with Crippen LogP contribution in [0.15, 0.2) is 29.3 Å². The van der Waals surface area contributed by atoms with Gasteiger partial charge in [0, 0.05) is 19.1 Å². The van der Waals surface area contributed by atoms with Crippen LogP contribution >= 0.6 is 23.2 Å². The minimum Gasteiger partial charge on any atom is -0.337 e. The van der Waals surface area contributed by atoms with Crippen molar-refractivity contribution in [3.63, 3.8) is 0 Å². The van der Waals surface area contributed by atoms with E-state index in [1.807, 2.05) is 0 Å². The van der Waals surface area contributed by atoms with Crippen molar-refractivity contribution in [2.45, 2.75) is 30.7 Å². The summed E-state index contributed by atoms with van der Waals surface area (Å²) in [5.74, 6) is 0.473. The first-order valence-electron chi connectivity index (χ1n) is 9.38. The summed E-state index contributed by atoms with van der Waals surface area (Å²) in [6, 6.07) is 4.00. The van der Waals surface area contributed by atoms with Crippen LogP contribution < -0.4 is 4.72 Å². The molecule has 1 saturated heterocycles. The van der Waals surface area contributed by atoms with Gasteiger partial charge in [0.1, 0.15) is 0 Å². The Kier molecular flexibility index (Phi) is 5.58. The molecule has 1 aliphatic heterocycles. The minimum absolute atomic E-state index is 0.0344. The van der Waals surface area contributed by atoms with Gasteiger partial charge in [0.15, 0.2) is 5.69 Å². The van der Waals surface area contributed by atoms with Gasteiger partial charge >= 0.3 is 0 Å². The van der Waals surface area contributed by atoms with Gasteiger partial charge < -0.3 is 4.90 Å². The highest BCUT2D eigenvalue weighted by molar-refractivity contribution is 7.89. The van der Waals surface area contributed by atoms with Crippen molar-refractivity contribution >= 4 is 39.1 Å². The molecule has 11 heteroatoms. The third-order valence-corrected chi connectivity index (χ3v) is 8.25. The number of nitrogens with one attached hydrogen (secondary N) is 2. The van der Waals surface area contributed by atoms with E-state index in [4.69, 9.17) is 23.2 Å². The highest BCUT2D eigenvalue weighted by atomic mass is 35.5. The van der Waals surface area contributed by atoms with Gasteiger partial charge in [-0.15, -0.1) is 0 Å². The number of aromatic nitrogens is 3. The van der Waals surface area contributed by atoms with E-state index in [-0.39, 0.29) is 39.4 Å². The summed E-state index contributed by atoms with van der Waals surface area (Å²) >= 11 is 11.9. The van der Waals surface area contributed by atoms with Crippen molar-refractivity contribution < 1.29 is 13.2 Å². The van der Waals surface area contributed by atoms with Crippen LogP contribution in [-0.2, 0) is 10.0 Å². The molecule has 1 saturated carbocycles. The van der Waals surface area contributed by atoms with Crippen molar-refractivity contribution in [3.8, 4) is 0 Å². The summed E-state index contributed by atoms with van der Waals surface area (Å²) in [6.07, 6.45) is 3.01. The number of fused-ring (bicyclic) bond motifs is 1. The van der Waals surface area contributed by atoms with E-state index < -0.39 is 10.0 Å². The average molecular weight is 458 g/mol. The minimum atomic E-state index is -3.76. The van der Waals surface area contributed by atoms with Gasteiger partial charge in [-0.2, -0.15) is 15.4 Å². The molecule has 4 atom stereocenters. The normalized spacial score (nSPS) is 27.1. The topological polar surface area (TPSA) is 108 Å². The van der Waals surface area contributed by atoms with E-state index in [9.17, 15) is 13.2 Å². The van der Waals surface area contributed by atoms with Gasteiger partial charge in [0.05, 0.1) is 21.1 Å². The third kappa shape index (κ3) is 4.01. The molecule has 0 radical (unpaired) electrons. The first-order chi connectivity index (χ1) is 13.8. The van der Waals surface area contributed by atoms with Gasteiger partial charge in [-0.05, 0) is 48.8 Å². The SMILES string of the molecule is C[C@@H]1CC[C@H](NS(=O)(=O)c2ccc(Cl)c(Cl)c2)[C@@H]2CN(C(=O)c3cn[nH]n3)C[C@@H]21. The van der Waals surface area contributed by atoms with Crippen LogP contribution in [0.2, 0.25) is 10.0 Å². The number of sulfonamides is 1. The van der Waals surface area contributed by atoms with Crippen LogP contribution in [0.25, 0.3) is 0 Å². The fraction of sp³-hybridized carbons (Fsp3) is 0.500. The van der Waals surface area contributed by atoms with E-state index in [0.717, 1.165) is 12.8 Å². The first kappa shape index (κ1) is 20.6. The molecule has 1 aromatic carbocycles. The summed E-state index contributed by atoms with van der Waals surface area (Å²) in [5.41, 5.74) is 0.268. The maximum atomic E-state index is 12.9. The highest BCUT2D eigenvalue weighted by Crippen LogP contribution is 2.41. The number of H-pyrrole nitrogens is 1. The number of aromatic amines is 1. The quantitative estimate of drug-likeness (QED) is 0.732. The molecule has 156 valence electrons. The van der Waals surface area contributed by atoms with E-state index in [0.29, 0.717) is 24.0 Å². The lowest BCUT2D eigenvalue weighted by Gasteiger charge is -2.37. The lowest BCUT2D eigenvalue weighted by molar-refractivity contribution is 0.0776. The number of halogens is 2. The average Bonchev–Trinajstić information content (AvgIpc) is 3.36. The molecule has 4 rings (SSSR count). The molecule has 1 amide bonds. The first-order valence-corrected chi connectivity index (χ1v) is 11.6. The summed E-state index contributed by atoms with van der Waals surface area (Å²) in [4.78, 5) is 14.5. The van der Waals surface area contributed by atoms with Gasteiger partial charge in [-0.3, -0.25) is 4.79 Å². The Hall–Kier alpha value is -1.68. The second kappa shape index (κ2) is 7.86. The molecule has 1 aliphatic carbocycles. The number of carbonyl (C=O) groups is 1. The second-order valence-electron chi connectivity index (χ2n) is 7.75. The van der Waals surface area contributed by atoms with Gasteiger partial charge in [-0.1, -0.05) is 30.1 Å². The number of hydrogen-bond donors (Lipinski definition) is 2. The molecule has 0 unspecified atom stereocenters. The summed E-state index contributed by atoms with van der Waals surface area (Å²) in [5, 5.41) is 10.5. The zero-order chi connectivity index (χ0) is 20.8. The predicted octanol–water partition coefficient (Wildman–Crippen LogP) is 2.58. The Morgan fingerprint density at radius 1 is 1.21 bits per heavy atom. The van der Waals surface area contributed by atoms with Crippen molar-refractivity contribution in [1.29, 1.82) is 0 Å². The molecule has 2 aromatic rings. The van der Waals surface area contributed by atoms with Crippen LogP contribution in [0.4, 0.5) is 0 Å². The molecular formula is C18H21Cl2N5O3S. The van der Waals surface area contributed by atoms with Crippen LogP contribution in [-0.4, -0.2) is 53.8 Å². The third-order valence-electron chi connectivity index (χ3n) is 6.02. The van der Waals surface area contributed by atoms with Gasteiger partial charge in [0.25, 0.3) is 5.91 Å². The summed E-state index contributed by atoms with van der Waals surface area (Å²) in [7, 11) is -3.76. The monoisotopic (exact) mass is 457 g/mol. The Bertz CT molecular complexity index is 1010. The fourth-order valence-corrected chi connectivity index (χ4v) is 6.15. The van der Waals surface area contributed by atoms with Crippen molar-refractivity contribution in [1.82, 2.24) is 25.0 Å². The molecule has 2 heterocycles. The number of carbonyl (C=O) groups excluding carboxylic acids is 1. The molecule has 8 nitrogen and oxygen atoms in total. The summed E-state index contributed by atoms with van der Waals surface area (Å²) < 4.78 is 28.7. The number of rotatable bonds is 4. The van der Waals surface area contributed by atoms with Gasteiger partial charge in [0.2, 0.25) is 10.0 Å². The van der Waals surface area contributed by atoms with Crippen molar-refractivity contribution in [3.05, 3.63) is 40.1 Å². The van der Waals surface area contributed by atoms with Crippen molar-refractivity contribution in [2.24, 2.45) is 17.8 Å². The predicted molar refractivity (Wildman–Crippen MR) is 108 cm³/mol. The van der Waals surface area contributed by atoms with E-state index in [2.05, 4.69) is 27.1 Å². The summed E-state index contributed by atoms with van der Waals surface area (Å²) in [6.45, 7) is 3.23. The lowest BCUT2D eigenvalue weighted by Crippen LogP contribution is -2.47. The maximum absolute atomic E-state index is 12.9. The molecule has 0 bridgehead atoms. The zero-order valence-corrected chi connectivity index (χ0v) is 18.0. The second-order valence-corrected chi connectivity index (χ2v) is 10.3. The van der Waals surface area contributed by atoms with Crippen molar-refractivity contribution in [2.75, 3.05) is 13.1 Å². The smallest absolute Gasteiger partial charge is 0.276 e. The number of likely N-dealkylation sites (tertiary alicyclic amines) is 1. The molecule has 2 fully saturated rings. The lowest BCUT2D eigenvalue weighted by atomic mass is 9.72. The molecule has 2 aliphatic rings. The molecule has 1 aromatic heterocycles. The number of nitrogens with zero attached hydrogens (tertiary/aromatic N) is 3. The van der Waals surface area contributed by atoms with Crippen LogP contribution in [0.5, 0.6) is 0 Å². The standard InChI is InChI=1S/C18H21Cl2N5O3S/c1-10-2-5-16(23-29(27,28)11-3-4-14(19)15(20)6-11)13-9-25(8-12(10)13)18(26)17-7-21-24-22-17/h3-4,6-7,10,12-13,16,23H,2,5,8-9H2,1H3,(H,21,22,24)/t10-,12-,13-,16+/m1/s1. The van der Waals surface area contributed by atoms with E-state index >= 15 is 0 Å². The highest BCUT2D eigenvalue weighted by Gasteiger charge is 2.46. The number of benzene rings is 1. The van der Waals surface area contributed by atoms with E-state index in [1.165, 1.54) is 24.4 Å². The Morgan fingerprint density at radius 3 is 2.66 bits per heavy atom. The molecule has 2 N–H and O–H groups in total. The number of amides is 1.